The van der Waals surface area contributed by atoms with Gasteiger partial charge in [-0.15, -0.1) is 5.10 Å². The molecule has 2 aliphatic carbocycles. The van der Waals surface area contributed by atoms with E-state index in [2.05, 4.69) is 42.4 Å². The molecule has 27 heavy (non-hydrogen) atoms. The minimum absolute atomic E-state index is 0.0517. The molecule has 2 aromatic rings. The lowest BCUT2D eigenvalue weighted by atomic mass is 9.70. The SMILES string of the molecule is Cc1ccc(NC(=O)CSc2nnc3c(n2)[C@@]2(C)CC[C@H]3C2(C)C)c(C)c1. The van der Waals surface area contributed by atoms with Gasteiger partial charge in [0, 0.05) is 17.0 Å². The number of nitrogens with zero attached hydrogens (tertiary/aromatic N) is 3. The molecule has 4 rings (SSSR count). The summed E-state index contributed by atoms with van der Waals surface area (Å²) in [6, 6.07) is 6.01. The van der Waals surface area contributed by atoms with Gasteiger partial charge in [0.1, 0.15) is 0 Å². The van der Waals surface area contributed by atoms with Gasteiger partial charge in [-0.3, -0.25) is 4.79 Å². The summed E-state index contributed by atoms with van der Waals surface area (Å²) in [5.74, 6) is 0.672. The number of fused-ring (bicyclic) bond motifs is 5. The highest BCUT2D eigenvalue weighted by Gasteiger charge is 2.61. The van der Waals surface area contributed by atoms with Crippen LogP contribution in [0.2, 0.25) is 0 Å². The number of anilines is 1. The molecule has 0 aliphatic heterocycles. The molecule has 1 fully saturated rings. The molecule has 1 aromatic carbocycles. The minimum Gasteiger partial charge on any atom is -0.325 e. The summed E-state index contributed by atoms with van der Waals surface area (Å²) in [4.78, 5) is 17.2. The van der Waals surface area contributed by atoms with Crippen molar-refractivity contribution in [2.24, 2.45) is 5.41 Å². The second-order valence-electron chi connectivity index (χ2n) is 8.63. The second-order valence-corrected chi connectivity index (χ2v) is 9.57. The van der Waals surface area contributed by atoms with Crippen LogP contribution in [0.25, 0.3) is 0 Å². The Morgan fingerprint density at radius 3 is 2.78 bits per heavy atom. The molecule has 1 heterocycles. The average molecular weight is 383 g/mol. The maximum absolute atomic E-state index is 12.3. The molecule has 0 radical (unpaired) electrons. The summed E-state index contributed by atoms with van der Waals surface area (Å²) in [5, 5.41) is 12.4. The largest absolute Gasteiger partial charge is 0.325 e. The van der Waals surface area contributed by atoms with Gasteiger partial charge in [-0.05, 0) is 43.7 Å². The summed E-state index contributed by atoms with van der Waals surface area (Å²) >= 11 is 1.35. The first kappa shape index (κ1) is 18.4. The van der Waals surface area contributed by atoms with E-state index >= 15 is 0 Å². The number of rotatable bonds is 4. The number of aromatic nitrogens is 3. The zero-order valence-electron chi connectivity index (χ0n) is 16.6. The lowest BCUT2D eigenvalue weighted by Crippen LogP contribution is -2.32. The van der Waals surface area contributed by atoms with Crippen LogP contribution in [0.3, 0.4) is 0 Å². The van der Waals surface area contributed by atoms with Crippen molar-refractivity contribution in [1.29, 1.82) is 0 Å². The molecule has 1 aromatic heterocycles. The summed E-state index contributed by atoms with van der Waals surface area (Å²) in [6.07, 6.45) is 2.31. The Hall–Kier alpha value is -1.95. The third-order valence-corrected chi connectivity index (χ3v) is 7.60. The molecule has 1 amide bonds. The number of carbonyl (C=O) groups is 1. The van der Waals surface area contributed by atoms with E-state index in [0.717, 1.165) is 35.5 Å². The van der Waals surface area contributed by atoms with E-state index < -0.39 is 0 Å². The fraction of sp³-hybridized carbons (Fsp3) is 0.524. The first-order chi connectivity index (χ1) is 12.7. The van der Waals surface area contributed by atoms with Crippen molar-refractivity contribution in [2.45, 2.75) is 63.9 Å². The molecule has 1 saturated carbocycles. The zero-order valence-corrected chi connectivity index (χ0v) is 17.4. The number of benzene rings is 1. The first-order valence-electron chi connectivity index (χ1n) is 9.47. The van der Waals surface area contributed by atoms with Crippen molar-refractivity contribution >= 4 is 23.4 Å². The average Bonchev–Trinajstić information content (AvgIpc) is 2.94. The smallest absolute Gasteiger partial charge is 0.234 e. The fourth-order valence-corrected chi connectivity index (χ4v) is 5.28. The van der Waals surface area contributed by atoms with E-state index in [1.165, 1.54) is 17.3 Å². The molecule has 5 nitrogen and oxygen atoms in total. The topological polar surface area (TPSA) is 67.8 Å². The van der Waals surface area contributed by atoms with Gasteiger partial charge in [-0.25, -0.2) is 4.98 Å². The van der Waals surface area contributed by atoms with Gasteiger partial charge in [0.25, 0.3) is 0 Å². The van der Waals surface area contributed by atoms with Crippen molar-refractivity contribution in [3.8, 4) is 0 Å². The van der Waals surface area contributed by atoms with Gasteiger partial charge in [-0.2, -0.15) is 5.10 Å². The molecule has 2 atom stereocenters. The highest BCUT2D eigenvalue weighted by Crippen LogP contribution is 2.66. The van der Waals surface area contributed by atoms with Gasteiger partial charge < -0.3 is 5.32 Å². The number of hydrogen-bond donors (Lipinski definition) is 1. The molecular formula is C21H26N4OS. The lowest BCUT2D eigenvalue weighted by Gasteiger charge is -2.33. The normalized spacial score (nSPS) is 24.7. The van der Waals surface area contributed by atoms with E-state index in [1.54, 1.807) is 0 Å². The van der Waals surface area contributed by atoms with Gasteiger partial charge in [0.2, 0.25) is 11.1 Å². The second kappa shape index (κ2) is 6.30. The summed E-state index contributed by atoms with van der Waals surface area (Å²) in [6.45, 7) is 11.0. The van der Waals surface area contributed by atoms with Crippen molar-refractivity contribution in [3.05, 3.63) is 40.7 Å². The van der Waals surface area contributed by atoms with Crippen LogP contribution in [0.1, 0.15) is 62.0 Å². The number of amides is 1. The third kappa shape index (κ3) is 2.85. The van der Waals surface area contributed by atoms with Crippen LogP contribution in [0.4, 0.5) is 5.69 Å². The summed E-state index contributed by atoms with van der Waals surface area (Å²) in [5.41, 5.74) is 5.48. The maximum atomic E-state index is 12.3. The Morgan fingerprint density at radius 1 is 1.26 bits per heavy atom. The Balaban J connectivity index is 1.45. The van der Waals surface area contributed by atoms with Crippen LogP contribution in [-0.4, -0.2) is 26.8 Å². The van der Waals surface area contributed by atoms with Crippen molar-refractivity contribution in [2.75, 3.05) is 11.1 Å². The van der Waals surface area contributed by atoms with Gasteiger partial charge in [-0.1, -0.05) is 50.2 Å². The number of nitrogens with one attached hydrogen (secondary N) is 1. The highest BCUT2D eigenvalue weighted by atomic mass is 32.2. The van der Waals surface area contributed by atoms with Crippen LogP contribution in [0.15, 0.2) is 23.4 Å². The molecule has 1 N–H and O–H groups in total. The van der Waals surface area contributed by atoms with E-state index in [4.69, 9.17) is 4.98 Å². The van der Waals surface area contributed by atoms with E-state index in [-0.39, 0.29) is 22.5 Å². The molecule has 0 spiro atoms. The van der Waals surface area contributed by atoms with Gasteiger partial charge >= 0.3 is 0 Å². The highest BCUT2D eigenvalue weighted by molar-refractivity contribution is 7.99. The molecule has 2 aliphatic rings. The van der Waals surface area contributed by atoms with Gasteiger partial charge in [0.15, 0.2) is 0 Å². The van der Waals surface area contributed by atoms with E-state index in [9.17, 15) is 4.79 Å². The minimum atomic E-state index is -0.0517. The predicted molar refractivity (Wildman–Crippen MR) is 108 cm³/mol. The number of carbonyl (C=O) groups excluding carboxylic acids is 1. The molecule has 142 valence electrons. The summed E-state index contributed by atoms with van der Waals surface area (Å²) in [7, 11) is 0. The molecular weight excluding hydrogens is 356 g/mol. The standard InChI is InChI=1S/C21H26N4OS/c1-12-6-7-15(13(2)10-12)22-16(26)11-27-19-23-18-17(24-25-19)14-8-9-21(18,5)20(14,3)4/h6-7,10,14H,8-9,11H2,1-5H3,(H,22,26)/t14-,21-/m1/s1. The number of aryl methyl sites for hydroxylation is 2. The van der Waals surface area contributed by atoms with E-state index in [0.29, 0.717) is 11.1 Å². The van der Waals surface area contributed by atoms with Crippen molar-refractivity contribution in [3.63, 3.8) is 0 Å². The Labute approximate surface area is 164 Å². The van der Waals surface area contributed by atoms with Crippen LogP contribution in [0.5, 0.6) is 0 Å². The fourth-order valence-electron chi connectivity index (χ4n) is 4.69. The van der Waals surface area contributed by atoms with Crippen LogP contribution in [-0.2, 0) is 10.2 Å². The first-order valence-corrected chi connectivity index (χ1v) is 10.5. The van der Waals surface area contributed by atoms with Crippen LogP contribution in [0, 0.1) is 19.3 Å². The monoisotopic (exact) mass is 382 g/mol. The lowest BCUT2D eigenvalue weighted by molar-refractivity contribution is -0.113. The molecule has 6 heteroatoms. The quantitative estimate of drug-likeness (QED) is 0.794. The summed E-state index contributed by atoms with van der Waals surface area (Å²) < 4.78 is 0. The molecule has 2 bridgehead atoms. The third-order valence-electron chi connectivity index (χ3n) is 6.76. The maximum Gasteiger partial charge on any atom is 0.234 e. The Morgan fingerprint density at radius 2 is 2.04 bits per heavy atom. The molecule has 0 saturated heterocycles. The van der Waals surface area contributed by atoms with Crippen molar-refractivity contribution in [1.82, 2.24) is 15.2 Å². The zero-order chi connectivity index (χ0) is 19.4. The van der Waals surface area contributed by atoms with E-state index in [1.807, 2.05) is 26.0 Å². The predicted octanol–water partition coefficient (Wildman–Crippen LogP) is 4.39. The Bertz CT molecular complexity index is 926. The van der Waals surface area contributed by atoms with Crippen LogP contribution >= 0.6 is 11.8 Å². The Kier molecular flexibility index (Phi) is 4.29. The number of hydrogen-bond acceptors (Lipinski definition) is 5. The van der Waals surface area contributed by atoms with Crippen LogP contribution < -0.4 is 5.32 Å². The number of thioether (sulfide) groups is 1. The van der Waals surface area contributed by atoms with Crippen molar-refractivity contribution < 1.29 is 4.79 Å². The van der Waals surface area contributed by atoms with Gasteiger partial charge in [0.05, 0.1) is 17.1 Å². The molecule has 0 unspecified atom stereocenters.